The van der Waals surface area contributed by atoms with Gasteiger partial charge in [0.2, 0.25) is 0 Å². The number of carbonyl (C=O) groups excluding carboxylic acids is 1. The number of urea groups is 1. The maximum atomic E-state index is 12.1. The smallest absolute Gasteiger partial charge is 0.315 e. The summed E-state index contributed by atoms with van der Waals surface area (Å²) in [6.07, 6.45) is 5.33. The molecule has 2 aromatic rings. The van der Waals surface area contributed by atoms with Crippen LogP contribution in [0.1, 0.15) is 18.4 Å². The fourth-order valence-electron chi connectivity index (χ4n) is 4.00. The Hall–Kier alpha value is -2.01. The Morgan fingerprint density at radius 1 is 1.26 bits per heavy atom. The average Bonchev–Trinajstić information content (AvgIpc) is 2.99. The maximum Gasteiger partial charge on any atom is 0.315 e. The lowest BCUT2D eigenvalue weighted by Crippen LogP contribution is -2.58. The van der Waals surface area contributed by atoms with E-state index in [1.807, 2.05) is 18.3 Å². The third-order valence-corrected chi connectivity index (χ3v) is 5.33. The van der Waals surface area contributed by atoms with E-state index in [9.17, 15) is 4.79 Å². The number of amides is 2. The standard InChI is InChI=1S/C18H24N4O/c23-18(21-17-12-22-9-6-13(17)7-10-22)19-8-5-14-11-20-16-4-2-1-3-15(14)16/h1-4,11,13,17,20H,5-10,12H2,(H2,19,21,23)/t17-/m0/s1. The molecule has 1 aromatic heterocycles. The lowest BCUT2D eigenvalue weighted by Gasteiger charge is -2.44. The predicted octanol–water partition coefficient (Wildman–Crippen LogP) is 2.10. The minimum atomic E-state index is -0.0245. The Kier molecular flexibility index (Phi) is 3.95. The summed E-state index contributed by atoms with van der Waals surface area (Å²) < 4.78 is 0. The number of piperidine rings is 3. The van der Waals surface area contributed by atoms with E-state index in [1.54, 1.807) is 0 Å². The van der Waals surface area contributed by atoms with Crippen molar-refractivity contribution in [2.24, 2.45) is 5.92 Å². The van der Waals surface area contributed by atoms with Crippen LogP contribution in [0, 0.1) is 5.92 Å². The number of para-hydroxylation sites is 1. The summed E-state index contributed by atoms with van der Waals surface area (Å²) in [5, 5.41) is 7.42. The quantitative estimate of drug-likeness (QED) is 0.810. The van der Waals surface area contributed by atoms with Gasteiger partial charge >= 0.3 is 6.03 Å². The first-order valence-corrected chi connectivity index (χ1v) is 8.61. The molecule has 23 heavy (non-hydrogen) atoms. The average molecular weight is 312 g/mol. The fourth-order valence-corrected chi connectivity index (χ4v) is 4.00. The van der Waals surface area contributed by atoms with E-state index in [4.69, 9.17) is 0 Å². The van der Waals surface area contributed by atoms with Gasteiger partial charge in [-0.1, -0.05) is 18.2 Å². The molecule has 0 saturated carbocycles. The summed E-state index contributed by atoms with van der Waals surface area (Å²) in [7, 11) is 0. The third kappa shape index (κ3) is 3.06. The summed E-state index contributed by atoms with van der Waals surface area (Å²) in [5.74, 6) is 0.666. The van der Waals surface area contributed by atoms with E-state index in [-0.39, 0.29) is 6.03 Å². The molecule has 0 aliphatic carbocycles. The number of aromatic amines is 1. The van der Waals surface area contributed by atoms with E-state index < -0.39 is 0 Å². The molecule has 3 fully saturated rings. The normalized spacial score (nSPS) is 26.3. The molecule has 0 radical (unpaired) electrons. The van der Waals surface area contributed by atoms with Crippen LogP contribution in [-0.4, -0.2) is 48.1 Å². The van der Waals surface area contributed by atoms with Crippen LogP contribution >= 0.6 is 0 Å². The summed E-state index contributed by atoms with van der Waals surface area (Å²) in [4.78, 5) is 17.9. The van der Waals surface area contributed by atoms with Crippen molar-refractivity contribution in [1.82, 2.24) is 20.5 Å². The van der Waals surface area contributed by atoms with Crippen molar-refractivity contribution in [1.29, 1.82) is 0 Å². The number of hydrogen-bond acceptors (Lipinski definition) is 2. The monoisotopic (exact) mass is 312 g/mol. The molecule has 2 amide bonds. The molecule has 3 N–H and O–H groups in total. The van der Waals surface area contributed by atoms with Gasteiger partial charge in [0.15, 0.2) is 0 Å². The zero-order valence-electron chi connectivity index (χ0n) is 13.3. The minimum Gasteiger partial charge on any atom is -0.361 e. The molecule has 3 aliphatic heterocycles. The Morgan fingerprint density at radius 2 is 2.09 bits per heavy atom. The fraction of sp³-hybridized carbons (Fsp3) is 0.500. The first-order valence-electron chi connectivity index (χ1n) is 8.61. The van der Waals surface area contributed by atoms with Crippen molar-refractivity contribution in [3.63, 3.8) is 0 Å². The van der Waals surface area contributed by atoms with Gasteiger partial charge in [-0.2, -0.15) is 0 Å². The first kappa shape index (κ1) is 14.6. The number of fused-ring (bicyclic) bond motifs is 4. The number of benzene rings is 1. The lowest BCUT2D eigenvalue weighted by atomic mass is 9.84. The highest BCUT2D eigenvalue weighted by Gasteiger charge is 2.34. The molecular formula is C18H24N4O. The number of rotatable bonds is 4. The SMILES string of the molecule is O=C(NCCc1c[nH]c2ccccc12)N[C@H]1CN2CCC1CC2. The van der Waals surface area contributed by atoms with Crippen LogP contribution in [0.2, 0.25) is 0 Å². The molecule has 5 rings (SSSR count). The van der Waals surface area contributed by atoms with E-state index in [2.05, 4.69) is 32.7 Å². The second kappa shape index (κ2) is 6.24. The number of hydrogen-bond donors (Lipinski definition) is 3. The molecule has 1 atom stereocenters. The van der Waals surface area contributed by atoms with Gasteiger partial charge in [0, 0.05) is 36.2 Å². The number of carbonyl (C=O) groups is 1. The Morgan fingerprint density at radius 3 is 2.87 bits per heavy atom. The van der Waals surface area contributed by atoms with Crippen LogP contribution in [-0.2, 0) is 6.42 Å². The molecule has 1 aromatic carbocycles. The molecule has 4 heterocycles. The third-order valence-electron chi connectivity index (χ3n) is 5.33. The van der Waals surface area contributed by atoms with Gasteiger partial charge in [-0.25, -0.2) is 4.79 Å². The van der Waals surface area contributed by atoms with Crippen LogP contribution < -0.4 is 10.6 Å². The highest BCUT2D eigenvalue weighted by molar-refractivity contribution is 5.83. The summed E-state index contributed by atoms with van der Waals surface area (Å²) >= 11 is 0. The van der Waals surface area contributed by atoms with Crippen molar-refractivity contribution in [3.05, 3.63) is 36.0 Å². The summed E-state index contributed by atoms with van der Waals surface area (Å²) in [6.45, 7) is 4.07. The molecule has 122 valence electrons. The van der Waals surface area contributed by atoms with Gasteiger partial charge in [0.25, 0.3) is 0 Å². The lowest BCUT2D eigenvalue weighted by molar-refractivity contribution is 0.0766. The van der Waals surface area contributed by atoms with E-state index in [1.165, 1.54) is 36.9 Å². The largest absolute Gasteiger partial charge is 0.361 e. The van der Waals surface area contributed by atoms with Crippen LogP contribution in [0.5, 0.6) is 0 Å². The second-order valence-corrected chi connectivity index (χ2v) is 6.75. The zero-order valence-corrected chi connectivity index (χ0v) is 13.3. The van der Waals surface area contributed by atoms with Crippen LogP contribution in [0.4, 0.5) is 4.79 Å². The van der Waals surface area contributed by atoms with Gasteiger partial charge in [-0.3, -0.25) is 0 Å². The van der Waals surface area contributed by atoms with Crippen molar-refractivity contribution >= 4 is 16.9 Å². The molecule has 0 unspecified atom stereocenters. The predicted molar refractivity (Wildman–Crippen MR) is 91.5 cm³/mol. The minimum absolute atomic E-state index is 0.0245. The number of nitrogens with one attached hydrogen (secondary N) is 3. The van der Waals surface area contributed by atoms with Crippen molar-refractivity contribution in [2.75, 3.05) is 26.2 Å². The second-order valence-electron chi connectivity index (χ2n) is 6.75. The first-order chi connectivity index (χ1) is 11.3. The molecule has 5 nitrogen and oxygen atoms in total. The van der Waals surface area contributed by atoms with Crippen molar-refractivity contribution in [3.8, 4) is 0 Å². The Balaban J connectivity index is 1.27. The topological polar surface area (TPSA) is 60.2 Å². The number of nitrogens with zero attached hydrogens (tertiary/aromatic N) is 1. The molecular weight excluding hydrogens is 288 g/mol. The molecule has 2 bridgehead atoms. The van der Waals surface area contributed by atoms with Crippen LogP contribution in [0.3, 0.4) is 0 Å². The maximum absolute atomic E-state index is 12.1. The molecule has 3 aliphatic rings. The van der Waals surface area contributed by atoms with Gasteiger partial charge in [0.1, 0.15) is 0 Å². The summed E-state index contributed by atoms with van der Waals surface area (Å²) in [5.41, 5.74) is 2.41. The van der Waals surface area contributed by atoms with Gasteiger partial charge in [-0.05, 0) is 49.9 Å². The zero-order chi connectivity index (χ0) is 15.6. The van der Waals surface area contributed by atoms with Crippen LogP contribution in [0.15, 0.2) is 30.5 Å². The Bertz CT molecular complexity index is 687. The van der Waals surface area contributed by atoms with E-state index in [0.29, 0.717) is 18.5 Å². The molecule has 3 saturated heterocycles. The number of aromatic nitrogens is 1. The van der Waals surface area contributed by atoms with Gasteiger partial charge < -0.3 is 20.5 Å². The summed E-state index contributed by atoms with van der Waals surface area (Å²) in [6, 6.07) is 8.57. The number of H-pyrrole nitrogens is 1. The molecule has 5 heteroatoms. The highest BCUT2D eigenvalue weighted by atomic mass is 16.2. The van der Waals surface area contributed by atoms with Crippen LogP contribution in [0.25, 0.3) is 10.9 Å². The molecule has 0 spiro atoms. The Labute approximate surface area is 136 Å². The van der Waals surface area contributed by atoms with E-state index in [0.717, 1.165) is 18.5 Å². The van der Waals surface area contributed by atoms with Crippen molar-refractivity contribution in [2.45, 2.75) is 25.3 Å². The van der Waals surface area contributed by atoms with Gasteiger partial charge in [0.05, 0.1) is 0 Å². The van der Waals surface area contributed by atoms with Crippen molar-refractivity contribution < 1.29 is 4.79 Å². The highest BCUT2D eigenvalue weighted by Crippen LogP contribution is 2.27. The van der Waals surface area contributed by atoms with Gasteiger partial charge in [-0.15, -0.1) is 0 Å². The van der Waals surface area contributed by atoms with E-state index >= 15 is 0 Å².